The van der Waals surface area contributed by atoms with Crippen molar-refractivity contribution in [2.24, 2.45) is 0 Å². The second-order valence-electron chi connectivity index (χ2n) is 4.15. The average Bonchev–Trinajstić information content (AvgIpc) is 2.40. The normalized spacial score (nSPS) is 11.9. The Balaban J connectivity index is 2.14. The van der Waals surface area contributed by atoms with Gasteiger partial charge in [-0.1, -0.05) is 12.1 Å². The van der Waals surface area contributed by atoms with Crippen molar-refractivity contribution in [3.63, 3.8) is 0 Å². The molecule has 0 fully saturated rings. The zero-order valence-electron chi connectivity index (χ0n) is 10.4. The highest BCUT2D eigenvalue weighted by atomic mass is 19.1. The fraction of sp³-hybridized carbons (Fsp3) is 0.143. The lowest BCUT2D eigenvalue weighted by molar-refractivity contribution is -0.705. The van der Waals surface area contributed by atoms with Crippen molar-refractivity contribution in [3.8, 4) is 5.75 Å². The quantitative estimate of drug-likeness (QED) is 0.830. The van der Waals surface area contributed by atoms with Crippen molar-refractivity contribution < 1.29 is 18.9 Å². The second-order valence-corrected chi connectivity index (χ2v) is 4.15. The number of amides is 1. The lowest BCUT2D eigenvalue weighted by Gasteiger charge is -2.09. The summed E-state index contributed by atoms with van der Waals surface area (Å²) in [4.78, 5) is 12.0. The molecule has 2 rings (SSSR count). The van der Waals surface area contributed by atoms with Crippen LogP contribution in [0.2, 0.25) is 0 Å². The third kappa shape index (κ3) is 3.07. The molecular formula is C14H14FN2O2+. The molecule has 1 amide bonds. The fourth-order valence-corrected chi connectivity index (χ4v) is 1.66. The molecule has 0 bridgehead atoms. The molecular weight excluding hydrogens is 247 g/mol. The Bertz CT molecular complexity index is 602. The number of para-hydroxylation sites is 1. The summed E-state index contributed by atoms with van der Waals surface area (Å²) >= 11 is 0. The topological polar surface area (TPSA) is 53.2 Å². The molecule has 2 aromatic rings. The van der Waals surface area contributed by atoms with Gasteiger partial charge in [-0.25, -0.2) is 4.39 Å². The van der Waals surface area contributed by atoms with Gasteiger partial charge in [-0.05, 0) is 18.2 Å². The van der Waals surface area contributed by atoms with Crippen LogP contribution in [0.5, 0.6) is 5.75 Å². The smallest absolute Gasteiger partial charge is 0.293 e. The van der Waals surface area contributed by atoms with E-state index in [-0.39, 0.29) is 17.3 Å². The average molecular weight is 261 g/mol. The Hall–Kier alpha value is -2.43. The highest BCUT2D eigenvalue weighted by Crippen LogP contribution is 2.14. The van der Waals surface area contributed by atoms with E-state index in [2.05, 4.69) is 5.32 Å². The molecule has 1 aromatic heterocycles. The van der Waals surface area contributed by atoms with E-state index in [1.807, 2.05) is 0 Å². The molecule has 1 aromatic carbocycles. The Kier molecular flexibility index (Phi) is 3.75. The summed E-state index contributed by atoms with van der Waals surface area (Å²) in [5.41, 5.74) is 0.139. The minimum Gasteiger partial charge on any atom is -0.503 e. The Morgan fingerprint density at radius 2 is 2.05 bits per heavy atom. The first-order valence-electron chi connectivity index (χ1n) is 5.83. The van der Waals surface area contributed by atoms with Crippen LogP contribution < -0.4 is 9.88 Å². The molecule has 1 heterocycles. The number of carbonyl (C=O) groups is 1. The van der Waals surface area contributed by atoms with Crippen molar-refractivity contribution >= 4 is 11.6 Å². The van der Waals surface area contributed by atoms with Crippen molar-refractivity contribution in [3.05, 3.63) is 54.6 Å². The predicted octanol–water partition coefficient (Wildman–Crippen LogP) is 2.02. The third-order valence-corrected chi connectivity index (χ3v) is 2.76. The van der Waals surface area contributed by atoms with E-state index in [0.717, 1.165) is 0 Å². The SMILES string of the molecule is C[C@@H](C(=O)Nc1ccccc1F)[n+]1cccc(O)c1. The van der Waals surface area contributed by atoms with Crippen LogP contribution in [0.15, 0.2) is 48.8 Å². The number of nitrogens with one attached hydrogen (secondary N) is 1. The summed E-state index contributed by atoms with van der Waals surface area (Å²) in [6.45, 7) is 1.66. The van der Waals surface area contributed by atoms with Crippen molar-refractivity contribution in [1.82, 2.24) is 0 Å². The number of halogens is 1. The van der Waals surface area contributed by atoms with Gasteiger partial charge in [0.2, 0.25) is 12.2 Å². The lowest BCUT2D eigenvalue weighted by Crippen LogP contribution is -2.43. The summed E-state index contributed by atoms with van der Waals surface area (Å²) in [7, 11) is 0. The van der Waals surface area contributed by atoms with Crippen LogP contribution in [0.4, 0.5) is 10.1 Å². The summed E-state index contributed by atoms with van der Waals surface area (Å²) in [5.74, 6) is -0.780. The number of aromatic hydroxyl groups is 1. The van der Waals surface area contributed by atoms with Gasteiger partial charge >= 0.3 is 0 Å². The maximum Gasteiger partial charge on any atom is 0.293 e. The van der Waals surface area contributed by atoms with Gasteiger partial charge in [0.15, 0.2) is 11.9 Å². The maximum absolute atomic E-state index is 13.4. The summed E-state index contributed by atoms with van der Waals surface area (Å²) in [6, 6.07) is 8.55. The minimum absolute atomic E-state index is 0.0630. The standard InChI is InChI=1S/C14H13FN2O2/c1-10(17-8-4-5-11(18)9-17)14(19)16-13-7-3-2-6-12(13)15/h2-10H,1H3,(H-,16,18,19)/p+1/t10-/m0/s1. The molecule has 0 saturated heterocycles. The summed E-state index contributed by atoms with van der Waals surface area (Å²) in [5, 5.41) is 11.9. The van der Waals surface area contributed by atoms with Crippen molar-refractivity contribution in [2.45, 2.75) is 13.0 Å². The van der Waals surface area contributed by atoms with E-state index >= 15 is 0 Å². The van der Waals surface area contributed by atoms with Crippen LogP contribution >= 0.6 is 0 Å². The molecule has 0 radical (unpaired) electrons. The van der Waals surface area contributed by atoms with Gasteiger partial charge in [0.05, 0.1) is 5.69 Å². The van der Waals surface area contributed by atoms with Gasteiger partial charge in [0, 0.05) is 13.0 Å². The Morgan fingerprint density at radius 3 is 2.74 bits per heavy atom. The maximum atomic E-state index is 13.4. The van der Waals surface area contributed by atoms with Crippen LogP contribution in [-0.2, 0) is 4.79 Å². The van der Waals surface area contributed by atoms with E-state index in [0.29, 0.717) is 0 Å². The molecule has 5 heteroatoms. The first-order valence-corrected chi connectivity index (χ1v) is 5.83. The van der Waals surface area contributed by atoms with Gasteiger partial charge in [0.1, 0.15) is 5.82 Å². The monoisotopic (exact) mass is 261 g/mol. The van der Waals surface area contributed by atoms with E-state index in [9.17, 15) is 14.3 Å². The summed E-state index contributed by atoms with van der Waals surface area (Å²) in [6.07, 6.45) is 3.09. The van der Waals surface area contributed by atoms with Crippen molar-refractivity contribution in [2.75, 3.05) is 5.32 Å². The van der Waals surface area contributed by atoms with E-state index in [1.54, 1.807) is 35.9 Å². The minimum atomic E-state index is -0.563. The molecule has 0 aliphatic carbocycles. The third-order valence-electron chi connectivity index (χ3n) is 2.76. The number of rotatable bonds is 3. The Labute approximate surface area is 110 Å². The van der Waals surface area contributed by atoms with Crippen LogP contribution in [0, 0.1) is 5.82 Å². The fourth-order valence-electron chi connectivity index (χ4n) is 1.66. The molecule has 0 spiro atoms. The molecule has 0 saturated carbocycles. The number of benzene rings is 1. The molecule has 2 N–H and O–H groups in total. The molecule has 0 aliphatic heterocycles. The number of pyridine rings is 1. The zero-order valence-corrected chi connectivity index (χ0v) is 10.4. The number of aromatic nitrogens is 1. The number of nitrogens with zero attached hydrogens (tertiary/aromatic N) is 1. The van der Waals surface area contributed by atoms with Crippen LogP contribution in [0.1, 0.15) is 13.0 Å². The number of hydrogen-bond donors (Lipinski definition) is 2. The van der Waals surface area contributed by atoms with E-state index in [4.69, 9.17) is 0 Å². The highest BCUT2D eigenvalue weighted by Gasteiger charge is 2.22. The highest BCUT2D eigenvalue weighted by molar-refractivity contribution is 5.92. The molecule has 1 atom stereocenters. The largest absolute Gasteiger partial charge is 0.503 e. The lowest BCUT2D eigenvalue weighted by atomic mass is 10.2. The van der Waals surface area contributed by atoms with Gasteiger partial charge in [-0.15, -0.1) is 0 Å². The number of hydrogen-bond acceptors (Lipinski definition) is 2. The Morgan fingerprint density at radius 1 is 1.32 bits per heavy atom. The molecule has 98 valence electrons. The van der Waals surface area contributed by atoms with E-state index < -0.39 is 11.9 Å². The summed E-state index contributed by atoms with van der Waals surface area (Å²) < 4.78 is 15.0. The van der Waals surface area contributed by atoms with Crippen LogP contribution in [-0.4, -0.2) is 11.0 Å². The van der Waals surface area contributed by atoms with Crippen LogP contribution in [0.3, 0.4) is 0 Å². The van der Waals surface area contributed by atoms with Crippen LogP contribution in [0.25, 0.3) is 0 Å². The first kappa shape index (κ1) is 13.0. The van der Waals surface area contributed by atoms with Gasteiger partial charge in [-0.2, -0.15) is 4.57 Å². The molecule has 19 heavy (non-hydrogen) atoms. The van der Waals surface area contributed by atoms with Gasteiger partial charge in [0.25, 0.3) is 5.91 Å². The predicted molar refractivity (Wildman–Crippen MR) is 68.0 cm³/mol. The molecule has 0 aliphatic rings. The van der Waals surface area contributed by atoms with Crippen molar-refractivity contribution in [1.29, 1.82) is 0 Å². The second kappa shape index (κ2) is 5.48. The first-order chi connectivity index (χ1) is 9.08. The molecule has 4 nitrogen and oxygen atoms in total. The molecule has 0 unspecified atom stereocenters. The van der Waals surface area contributed by atoms with Gasteiger partial charge in [-0.3, -0.25) is 4.79 Å². The van der Waals surface area contributed by atoms with Gasteiger partial charge < -0.3 is 10.4 Å². The zero-order chi connectivity index (χ0) is 13.8. The number of anilines is 1. The number of carbonyl (C=O) groups excluding carboxylic acids is 1. The van der Waals surface area contributed by atoms with E-state index in [1.165, 1.54) is 24.4 Å².